The van der Waals surface area contributed by atoms with Crippen LogP contribution in [0.4, 0.5) is 5.69 Å². The van der Waals surface area contributed by atoms with Crippen LogP contribution < -0.4 is 10.6 Å². The Bertz CT molecular complexity index is 502. The standard InChI is InChI=1S/C13H13N3/c14-13(15)12-9-5-1-2-6-10(9)16-8-4-3-7-11(12)16/h1-8,11-12H,(H3,14,15). The quantitative estimate of drug-likeness (QED) is 0.551. The number of nitrogens with two attached hydrogens (primary N) is 1. The third-order valence-electron chi connectivity index (χ3n) is 3.21. The molecule has 1 aromatic carbocycles. The highest BCUT2D eigenvalue weighted by molar-refractivity contribution is 5.91. The van der Waals surface area contributed by atoms with E-state index in [1.807, 2.05) is 30.5 Å². The van der Waals surface area contributed by atoms with Gasteiger partial charge < -0.3 is 10.6 Å². The van der Waals surface area contributed by atoms with Crippen LogP contribution in [0.15, 0.2) is 48.7 Å². The minimum atomic E-state index is -0.0163. The molecule has 0 saturated heterocycles. The van der Waals surface area contributed by atoms with Gasteiger partial charge in [-0.1, -0.05) is 30.4 Å². The third-order valence-corrected chi connectivity index (χ3v) is 3.21. The zero-order chi connectivity index (χ0) is 11.1. The fourth-order valence-corrected chi connectivity index (χ4v) is 2.55. The first-order valence-corrected chi connectivity index (χ1v) is 5.35. The Labute approximate surface area is 94.4 Å². The monoisotopic (exact) mass is 211 g/mol. The van der Waals surface area contributed by atoms with Crippen molar-refractivity contribution in [1.29, 1.82) is 5.41 Å². The van der Waals surface area contributed by atoms with E-state index in [0.29, 0.717) is 0 Å². The summed E-state index contributed by atoms with van der Waals surface area (Å²) in [5, 5.41) is 7.74. The maximum Gasteiger partial charge on any atom is 0.101 e. The van der Waals surface area contributed by atoms with Crippen molar-refractivity contribution in [3.63, 3.8) is 0 Å². The molecule has 0 aromatic heterocycles. The van der Waals surface area contributed by atoms with Gasteiger partial charge in [0, 0.05) is 11.9 Å². The van der Waals surface area contributed by atoms with E-state index in [1.54, 1.807) is 0 Å². The van der Waals surface area contributed by atoms with Crippen LogP contribution in [0.5, 0.6) is 0 Å². The first-order valence-electron chi connectivity index (χ1n) is 5.35. The number of benzene rings is 1. The zero-order valence-electron chi connectivity index (χ0n) is 8.80. The van der Waals surface area contributed by atoms with Gasteiger partial charge in [-0.3, -0.25) is 5.41 Å². The molecule has 2 heterocycles. The molecule has 2 unspecified atom stereocenters. The van der Waals surface area contributed by atoms with Crippen LogP contribution in [0.25, 0.3) is 0 Å². The Morgan fingerprint density at radius 3 is 2.88 bits per heavy atom. The molecule has 0 bridgehead atoms. The van der Waals surface area contributed by atoms with Crippen LogP contribution in [-0.4, -0.2) is 11.9 Å². The van der Waals surface area contributed by atoms with E-state index < -0.39 is 0 Å². The molecule has 0 fully saturated rings. The van der Waals surface area contributed by atoms with Crippen LogP contribution in [0, 0.1) is 5.41 Å². The Morgan fingerprint density at radius 2 is 2.06 bits per heavy atom. The Hall–Kier alpha value is -2.03. The highest BCUT2D eigenvalue weighted by atomic mass is 15.2. The second-order valence-corrected chi connectivity index (χ2v) is 4.12. The lowest BCUT2D eigenvalue weighted by Gasteiger charge is -2.26. The van der Waals surface area contributed by atoms with Crippen LogP contribution in [0.2, 0.25) is 0 Å². The molecule has 0 aliphatic carbocycles. The van der Waals surface area contributed by atoms with Gasteiger partial charge >= 0.3 is 0 Å². The predicted molar refractivity (Wildman–Crippen MR) is 65.6 cm³/mol. The van der Waals surface area contributed by atoms with Crippen molar-refractivity contribution in [3.8, 4) is 0 Å². The van der Waals surface area contributed by atoms with E-state index >= 15 is 0 Å². The Balaban J connectivity index is 2.18. The number of amidine groups is 1. The van der Waals surface area contributed by atoms with Crippen molar-refractivity contribution < 1.29 is 0 Å². The van der Waals surface area contributed by atoms with Crippen molar-refractivity contribution in [1.82, 2.24) is 0 Å². The second kappa shape index (κ2) is 3.23. The summed E-state index contributed by atoms with van der Waals surface area (Å²) in [5.41, 5.74) is 8.03. The smallest absolute Gasteiger partial charge is 0.101 e. The third kappa shape index (κ3) is 1.11. The summed E-state index contributed by atoms with van der Waals surface area (Å²) in [6.45, 7) is 0. The van der Waals surface area contributed by atoms with Gasteiger partial charge in [-0.2, -0.15) is 0 Å². The fraction of sp³-hybridized carbons (Fsp3) is 0.154. The molecule has 0 radical (unpaired) electrons. The minimum Gasteiger partial charge on any atom is -0.387 e. The molecular weight excluding hydrogens is 198 g/mol. The van der Waals surface area contributed by atoms with Crippen LogP contribution in [0.3, 0.4) is 0 Å². The summed E-state index contributed by atoms with van der Waals surface area (Å²) in [4.78, 5) is 2.18. The van der Waals surface area contributed by atoms with Gasteiger partial charge in [-0.25, -0.2) is 0 Å². The molecular formula is C13H13N3. The Morgan fingerprint density at radius 1 is 1.25 bits per heavy atom. The van der Waals surface area contributed by atoms with Crippen LogP contribution in [0.1, 0.15) is 11.5 Å². The molecule has 2 atom stereocenters. The molecule has 3 heteroatoms. The first-order chi connectivity index (χ1) is 7.79. The molecule has 0 saturated carbocycles. The summed E-state index contributed by atoms with van der Waals surface area (Å²) < 4.78 is 0. The number of hydrogen-bond donors (Lipinski definition) is 2. The summed E-state index contributed by atoms with van der Waals surface area (Å²) in [5.74, 6) is 0.220. The minimum absolute atomic E-state index is 0.0163. The van der Waals surface area contributed by atoms with E-state index in [1.165, 1.54) is 0 Å². The number of hydrogen-bond acceptors (Lipinski definition) is 2. The number of allylic oxidation sites excluding steroid dienone is 2. The maximum atomic E-state index is 7.74. The summed E-state index contributed by atoms with van der Waals surface area (Å²) >= 11 is 0. The van der Waals surface area contributed by atoms with Gasteiger partial charge in [-0.15, -0.1) is 0 Å². The number of anilines is 1. The normalized spacial score (nSPS) is 25.4. The van der Waals surface area contributed by atoms with Crippen molar-refractivity contribution in [2.24, 2.45) is 5.73 Å². The van der Waals surface area contributed by atoms with E-state index in [-0.39, 0.29) is 17.8 Å². The lowest BCUT2D eigenvalue weighted by molar-refractivity contribution is 0.762. The van der Waals surface area contributed by atoms with Crippen molar-refractivity contribution in [2.45, 2.75) is 12.0 Å². The lowest BCUT2D eigenvalue weighted by Crippen LogP contribution is -2.35. The zero-order valence-corrected chi connectivity index (χ0v) is 8.80. The summed E-state index contributed by atoms with van der Waals surface area (Å²) in [6.07, 6.45) is 8.18. The number of rotatable bonds is 1. The van der Waals surface area contributed by atoms with Crippen molar-refractivity contribution in [2.75, 3.05) is 4.90 Å². The van der Waals surface area contributed by atoms with E-state index in [4.69, 9.17) is 11.1 Å². The molecule has 3 rings (SSSR count). The fourth-order valence-electron chi connectivity index (χ4n) is 2.55. The number of fused-ring (bicyclic) bond motifs is 3. The van der Waals surface area contributed by atoms with Gasteiger partial charge in [0.2, 0.25) is 0 Å². The van der Waals surface area contributed by atoms with Crippen molar-refractivity contribution in [3.05, 3.63) is 54.3 Å². The SMILES string of the molecule is N=C(N)C1c2ccccc2N2C=CC=CC12. The topological polar surface area (TPSA) is 53.1 Å². The summed E-state index contributed by atoms with van der Waals surface area (Å²) in [7, 11) is 0. The molecule has 3 N–H and O–H groups in total. The maximum absolute atomic E-state index is 7.74. The van der Waals surface area contributed by atoms with Crippen molar-refractivity contribution >= 4 is 11.5 Å². The molecule has 0 amide bonds. The molecule has 16 heavy (non-hydrogen) atoms. The number of nitrogens with zero attached hydrogens (tertiary/aromatic N) is 1. The molecule has 0 spiro atoms. The highest BCUT2D eigenvalue weighted by Crippen LogP contribution is 2.42. The van der Waals surface area contributed by atoms with Gasteiger partial charge in [0.25, 0.3) is 0 Å². The van der Waals surface area contributed by atoms with Crippen LogP contribution >= 0.6 is 0 Å². The molecule has 3 nitrogen and oxygen atoms in total. The van der Waals surface area contributed by atoms with Crippen LogP contribution in [-0.2, 0) is 0 Å². The summed E-state index contributed by atoms with van der Waals surface area (Å²) in [6, 6.07) is 8.32. The molecule has 2 aliphatic rings. The van der Waals surface area contributed by atoms with Gasteiger partial charge in [0.05, 0.1) is 12.0 Å². The number of nitrogens with one attached hydrogen (secondary N) is 1. The van der Waals surface area contributed by atoms with Gasteiger partial charge in [0.1, 0.15) is 5.84 Å². The Kier molecular flexibility index (Phi) is 1.86. The lowest BCUT2D eigenvalue weighted by atomic mass is 9.93. The average molecular weight is 211 g/mol. The highest BCUT2D eigenvalue weighted by Gasteiger charge is 2.38. The average Bonchev–Trinajstić information content (AvgIpc) is 2.63. The van der Waals surface area contributed by atoms with Gasteiger partial charge in [-0.05, 0) is 17.7 Å². The van der Waals surface area contributed by atoms with E-state index in [9.17, 15) is 0 Å². The van der Waals surface area contributed by atoms with Gasteiger partial charge in [0.15, 0.2) is 0 Å². The largest absolute Gasteiger partial charge is 0.387 e. The first kappa shape index (κ1) is 9.21. The second-order valence-electron chi connectivity index (χ2n) is 4.12. The molecule has 1 aromatic rings. The van der Waals surface area contributed by atoms with E-state index in [0.717, 1.165) is 11.3 Å². The number of para-hydroxylation sites is 1. The van der Waals surface area contributed by atoms with E-state index in [2.05, 4.69) is 23.1 Å². The molecule has 2 aliphatic heterocycles. The predicted octanol–water partition coefficient (Wildman–Crippen LogP) is 1.98. The molecule has 80 valence electrons.